The van der Waals surface area contributed by atoms with Crippen molar-refractivity contribution in [2.75, 3.05) is 6.61 Å². The molecule has 190 valence electrons. The molecule has 1 aliphatic carbocycles. The van der Waals surface area contributed by atoms with Gasteiger partial charge in [-0.15, -0.1) is 0 Å². The summed E-state index contributed by atoms with van der Waals surface area (Å²) in [6.45, 7) is 13.0. The fourth-order valence-corrected chi connectivity index (χ4v) is 6.34. The van der Waals surface area contributed by atoms with Gasteiger partial charge in [0.2, 0.25) is 0 Å². The van der Waals surface area contributed by atoms with E-state index in [1.54, 1.807) is 0 Å². The summed E-state index contributed by atoms with van der Waals surface area (Å²) < 4.78 is 12.6. The lowest BCUT2D eigenvalue weighted by atomic mass is 9.95. The zero-order valence-electron chi connectivity index (χ0n) is 22.0. The average Bonchev–Trinajstić information content (AvgIpc) is 3.41. The highest BCUT2D eigenvalue weighted by Gasteiger charge is 2.53. The number of amides is 1. The maximum atomic E-state index is 13.5. The molecule has 0 radical (unpaired) electrons. The Morgan fingerprint density at radius 2 is 1.63 bits per heavy atom. The maximum absolute atomic E-state index is 13.5. The number of fused-ring (bicyclic) bond motifs is 1. The second-order valence-electron chi connectivity index (χ2n) is 11.6. The first kappa shape index (κ1) is 25.9. The number of nitrogens with zero attached hydrogens (tertiary/aromatic N) is 1. The van der Waals surface area contributed by atoms with Crippen LogP contribution < -0.4 is 5.32 Å². The first-order valence-corrected chi connectivity index (χ1v) is 16.0. The smallest absolute Gasteiger partial charge is 0.410 e. The predicted octanol–water partition coefficient (Wildman–Crippen LogP) is 6.36. The molecular formula is C29H42N2O3Si. The third-order valence-corrected chi connectivity index (χ3v) is 12.8. The van der Waals surface area contributed by atoms with Gasteiger partial charge in [-0.3, -0.25) is 4.90 Å². The fourth-order valence-electron chi connectivity index (χ4n) is 5.32. The molecule has 6 heteroatoms. The fraction of sp³-hybridized carbons (Fsp3) is 0.552. The lowest BCUT2D eigenvalue weighted by Crippen LogP contribution is -2.52. The highest BCUT2D eigenvalue weighted by Crippen LogP contribution is 2.43. The van der Waals surface area contributed by atoms with Crippen molar-refractivity contribution in [2.24, 2.45) is 5.92 Å². The molecule has 2 fully saturated rings. The number of likely N-dealkylation sites (tertiary alicyclic amines) is 1. The molecule has 1 saturated heterocycles. The molecule has 1 amide bonds. The Hall–Kier alpha value is -2.15. The van der Waals surface area contributed by atoms with Crippen molar-refractivity contribution in [3.05, 3.63) is 71.8 Å². The molecule has 0 spiro atoms. The van der Waals surface area contributed by atoms with E-state index in [-0.39, 0.29) is 29.3 Å². The molecule has 0 bridgehead atoms. The van der Waals surface area contributed by atoms with Gasteiger partial charge in [-0.05, 0) is 48.0 Å². The maximum Gasteiger partial charge on any atom is 0.410 e. The second-order valence-corrected chi connectivity index (χ2v) is 16.4. The first-order chi connectivity index (χ1) is 16.7. The Morgan fingerprint density at radius 3 is 2.26 bits per heavy atom. The van der Waals surface area contributed by atoms with E-state index in [9.17, 15) is 4.79 Å². The summed E-state index contributed by atoms with van der Waals surface area (Å²) in [6.07, 6.45) is 3.11. The predicted molar refractivity (Wildman–Crippen MR) is 144 cm³/mol. The second kappa shape index (κ2) is 10.9. The molecule has 4 rings (SSSR count). The Bertz CT molecular complexity index is 961. The van der Waals surface area contributed by atoms with Crippen LogP contribution in [-0.4, -0.2) is 44.0 Å². The molecule has 2 aromatic carbocycles. The summed E-state index contributed by atoms with van der Waals surface area (Å²) in [6, 6.07) is 20.8. The topological polar surface area (TPSA) is 50.8 Å². The van der Waals surface area contributed by atoms with Gasteiger partial charge < -0.3 is 14.5 Å². The number of nitrogens with one attached hydrogen (secondary N) is 1. The third-order valence-electron chi connectivity index (χ3n) is 8.34. The molecule has 5 nitrogen and oxygen atoms in total. The number of carbonyl (C=O) groups is 1. The van der Waals surface area contributed by atoms with Crippen molar-refractivity contribution < 1.29 is 14.0 Å². The van der Waals surface area contributed by atoms with Gasteiger partial charge in [0.1, 0.15) is 6.61 Å². The van der Waals surface area contributed by atoms with Crippen LogP contribution in [0, 0.1) is 5.92 Å². The Kier molecular flexibility index (Phi) is 8.04. The number of rotatable bonds is 8. The van der Waals surface area contributed by atoms with Crippen molar-refractivity contribution in [3.63, 3.8) is 0 Å². The van der Waals surface area contributed by atoms with Crippen molar-refractivity contribution in [1.82, 2.24) is 10.2 Å². The van der Waals surface area contributed by atoms with E-state index in [1.165, 1.54) is 5.56 Å². The van der Waals surface area contributed by atoms with Crippen LogP contribution in [-0.2, 0) is 22.3 Å². The minimum Gasteiger partial charge on any atom is -0.445 e. The lowest BCUT2D eigenvalue weighted by molar-refractivity contribution is 0.0624. The Balaban J connectivity index is 1.54. The number of hydrogen-bond acceptors (Lipinski definition) is 4. The molecule has 35 heavy (non-hydrogen) atoms. The summed E-state index contributed by atoms with van der Waals surface area (Å²) in [7, 11) is -1.97. The van der Waals surface area contributed by atoms with Gasteiger partial charge in [0.15, 0.2) is 8.32 Å². The van der Waals surface area contributed by atoms with E-state index in [1.807, 2.05) is 41.3 Å². The van der Waals surface area contributed by atoms with Gasteiger partial charge in [0.25, 0.3) is 0 Å². The number of benzene rings is 2. The Morgan fingerprint density at radius 1 is 1.00 bits per heavy atom. The van der Waals surface area contributed by atoms with Gasteiger partial charge >= 0.3 is 6.09 Å². The van der Waals surface area contributed by atoms with Crippen LogP contribution in [0.15, 0.2) is 60.7 Å². The molecule has 1 heterocycles. The number of hydrogen-bond donors (Lipinski definition) is 1. The summed E-state index contributed by atoms with van der Waals surface area (Å²) in [5, 5.41) is 3.96. The van der Waals surface area contributed by atoms with E-state index < -0.39 is 8.32 Å². The SMILES string of the molecule is CC(C)(C)[Si](C)(C)OC[C@H]1[C@@H](NCc2ccccc2)[C@H]2CCC[C@H]2N1C(=O)OCc1ccccc1. The molecular weight excluding hydrogens is 452 g/mol. The first-order valence-electron chi connectivity index (χ1n) is 13.1. The van der Waals surface area contributed by atoms with Crippen LogP contribution in [0.3, 0.4) is 0 Å². The molecule has 4 atom stereocenters. The monoisotopic (exact) mass is 494 g/mol. The normalized spacial score (nSPS) is 24.4. The minimum atomic E-state index is -1.97. The van der Waals surface area contributed by atoms with Crippen LogP contribution >= 0.6 is 0 Å². The number of ether oxygens (including phenoxy) is 1. The highest BCUT2D eigenvalue weighted by molar-refractivity contribution is 6.74. The summed E-state index contributed by atoms with van der Waals surface area (Å²) in [4.78, 5) is 15.6. The largest absolute Gasteiger partial charge is 0.445 e. The van der Waals surface area contributed by atoms with E-state index in [0.717, 1.165) is 31.4 Å². The lowest BCUT2D eigenvalue weighted by Gasteiger charge is -2.39. The zero-order chi connectivity index (χ0) is 25.1. The van der Waals surface area contributed by atoms with Crippen molar-refractivity contribution in [3.8, 4) is 0 Å². The van der Waals surface area contributed by atoms with Crippen molar-refractivity contribution in [2.45, 2.75) is 89.4 Å². The van der Waals surface area contributed by atoms with Crippen LogP contribution in [0.2, 0.25) is 18.1 Å². The van der Waals surface area contributed by atoms with E-state index in [2.05, 4.69) is 63.4 Å². The quantitative estimate of drug-likeness (QED) is 0.434. The number of carbonyl (C=O) groups excluding carboxylic acids is 1. The van der Waals surface area contributed by atoms with Crippen LogP contribution in [0.4, 0.5) is 4.79 Å². The van der Waals surface area contributed by atoms with Crippen LogP contribution in [0.1, 0.15) is 51.2 Å². The Labute approximate surface area is 212 Å². The average molecular weight is 495 g/mol. The van der Waals surface area contributed by atoms with Crippen LogP contribution in [0.25, 0.3) is 0 Å². The summed E-state index contributed by atoms with van der Waals surface area (Å²) in [5.74, 6) is 0.427. The summed E-state index contributed by atoms with van der Waals surface area (Å²) in [5.41, 5.74) is 2.27. The van der Waals surface area contributed by atoms with Crippen molar-refractivity contribution in [1.29, 1.82) is 0 Å². The minimum absolute atomic E-state index is 0.0357. The molecule has 2 aromatic rings. The van der Waals surface area contributed by atoms with Gasteiger partial charge in [-0.1, -0.05) is 87.9 Å². The van der Waals surface area contributed by atoms with Gasteiger partial charge in [-0.25, -0.2) is 4.79 Å². The molecule has 1 saturated carbocycles. The molecule has 0 aromatic heterocycles. The molecule has 1 aliphatic heterocycles. The van der Waals surface area contributed by atoms with E-state index >= 15 is 0 Å². The van der Waals surface area contributed by atoms with Crippen LogP contribution in [0.5, 0.6) is 0 Å². The van der Waals surface area contributed by atoms with E-state index in [0.29, 0.717) is 19.1 Å². The highest BCUT2D eigenvalue weighted by atomic mass is 28.4. The standard InChI is InChI=1S/C29H42N2O3Si/c1-29(2,3)35(4,5)34-21-26-27(30-19-22-13-8-6-9-14-22)24-17-12-18-25(24)31(26)28(32)33-20-23-15-10-7-11-16-23/h6-11,13-16,24-27,30H,12,17-21H2,1-5H3/t24-,25+,26-,27-/m0/s1. The molecule has 0 unspecified atom stereocenters. The van der Waals surface area contributed by atoms with Gasteiger partial charge in [-0.2, -0.15) is 0 Å². The molecule has 1 N–H and O–H groups in total. The molecule has 2 aliphatic rings. The van der Waals surface area contributed by atoms with E-state index in [4.69, 9.17) is 9.16 Å². The zero-order valence-corrected chi connectivity index (χ0v) is 23.0. The third kappa shape index (κ3) is 5.99. The van der Waals surface area contributed by atoms with Gasteiger partial charge in [0, 0.05) is 18.6 Å². The van der Waals surface area contributed by atoms with Crippen molar-refractivity contribution >= 4 is 14.4 Å². The van der Waals surface area contributed by atoms with Gasteiger partial charge in [0.05, 0.1) is 12.6 Å². The summed E-state index contributed by atoms with van der Waals surface area (Å²) >= 11 is 0.